The Labute approximate surface area is 126 Å². The first-order chi connectivity index (χ1) is 10.2. The molecule has 4 nitrogen and oxygen atoms in total. The molecule has 2 heterocycles. The molecule has 0 N–H and O–H groups in total. The number of hydrogen-bond donors (Lipinski definition) is 0. The van der Waals surface area contributed by atoms with Crippen molar-refractivity contribution in [2.45, 2.75) is 19.9 Å². The predicted octanol–water partition coefficient (Wildman–Crippen LogP) is 3.10. The van der Waals surface area contributed by atoms with Gasteiger partial charge in [0.15, 0.2) is 0 Å². The number of aryl methyl sites for hydroxylation is 2. The maximum absolute atomic E-state index is 13.3. The van der Waals surface area contributed by atoms with Gasteiger partial charge in [0.25, 0.3) is 0 Å². The molecule has 0 saturated carbocycles. The second-order valence-corrected chi connectivity index (χ2v) is 5.21. The van der Waals surface area contributed by atoms with Crippen LogP contribution in [0.4, 0.5) is 4.39 Å². The molecule has 3 rings (SSSR count). The number of alkyl halides is 1. The molecule has 108 valence electrons. The van der Waals surface area contributed by atoms with Gasteiger partial charge in [0.1, 0.15) is 11.6 Å². The van der Waals surface area contributed by atoms with Crippen molar-refractivity contribution >= 4 is 22.6 Å². The molecule has 3 aromatic rings. The third-order valence-electron chi connectivity index (χ3n) is 3.26. The summed E-state index contributed by atoms with van der Waals surface area (Å²) in [4.78, 5) is 13.1. The minimum Gasteiger partial charge on any atom is -0.322 e. The third kappa shape index (κ3) is 2.88. The normalized spacial score (nSPS) is 11.2. The Bertz CT molecular complexity index is 767. The molecule has 21 heavy (non-hydrogen) atoms. The van der Waals surface area contributed by atoms with E-state index in [4.69, 9.17) is 11.6 Å². The predicted molar refractivity (Wildman–Crippen MR) is 80.0 cm³/mol. The van der Waals surface area contributed by atoms with E-state index in [0.29, 0.717) is 24.4 Å². The molecular formula is C15H14ClFN4. The van der Waals surface area contributed by atoms with Crippen LogP contribution in [0.5, 0.6) is 0 Å². The average molecular weight is 305 g/mol. The SMILES string of the molecule is Cc1cnc(Cn2c(CCCl)nc3cc(F)ccc32)cn1. The minimum absolute atomic E-state index is 0.292. The molecule has 0 saturated heterocycles. The lowest BCUT2D eigenvalue weighted by Gasteiger charge is -2.08. The summed E-state index contributed by atoms with van der Waals surface area (Å²) in [7, 11) is 0. The monoisotopic (exact) mass is 304 g/mol. The van der Waals surface area contributed by atoms with E-state index in [1.165, 1.54) is 12.1 Å². The van der Waals surface area contributed by atoms with E-state index >= 15 is 0 Å². The summed E-state index contributed by atoms with van der Waals surface area (Å²) in [5, 5.41) is 0. The van der Waals surface area contributed by atoms with E-state index in [1.54, 1.807) is 18.5 Å². The van der Waals surface area contributed by atoms with E-state index in [2.05, 4.69) is 15.0 Å². The molecule has 1 aromatic carbocycles. The summed E-state index contributed by atoms with van der Waals surface area (Å²) in [6.45, 7) is 2.44. The lowest BCUT2D eigenvalue weighted by atomic mass is 10.3. The Balaban J connectivity index is 2.06. The molecule has 0 fully saturated rings. The van der Waals surface area contributed by atoms with E-state index in [-0.39, 0.29) is 5.82 Å². The lowest BCUT2D eigenvalue weighted by Crippen LogP contribution is -2.07. The van der Waals surface area contributed by atoms with Crippen LogP contribution in [0.25, 0.3) is 11.0 Å². The zero-order valence-electron chi connectivity index (χ0n) is 11.6. The first-order valence-electron chi connectivity index (χ1n) is 6.65. The van der Waals surface area contributed by atoms with Crippen molar-refractivity contribution in [2.24, 2.45) is 0 Å². The highest BCUT2D eigenvalue weighted by Gasteiger charge is 2.12. The fraction of sp³-hybridized carbons (Fsp3) is 0.267. The number of rotatable bonds is 4. The number of halogens is 2. The van der Waals surface area contributed by atoms with Gasteiger partial charge in [-0.3, -0.25) is 9.97 Å². The zero-order chi connectivity index (χ0) is 14.8. The smallest absolute Gasteiger partial charge is 0.125 e. The fourth-order valence-electron chi connectivity index (χ4n) is 2.27. The lowest BCUT2D eigenvalue weighted by molar-refractivity contribution is 0.629. The Hall–Kier alpha value is -2.01. The maximum Gasteiger partial charge on any atom is 0.125 e. The topological polar surface area (TPSA) is 43.6 Å². The number of nitrogens with zero attached hydrogens (tertiary/aromatic N) is 4. The number of hydrogen-bond acceptors (Lipinski definition) is 3. The van der Waals surface area contributed by atoms with Gasteiger partial charge in [-0.25, -0.2) is 9.37 Å². The van der Waals surface area contributed by atoms with Gasteiger partial charge in [-0.2, -0.15) is 0 Å². The average Bonchev–Trinajstić information content (AvgIpc) is 2.79. The van der Waals surface area contributed by atoms with Crippen molar-refractivity contribution in [3.8, 4) is 0 Å². The highest BCUT2D eigenvalue weighted by Crippen LogP contribution is 2.19. The van der Waals surface area contributed by atoms with E-state index in [0.717, 1.165) is 22.7 Å². The number of benzene rings is 1. The third-order valence-corrected chi connectivity index (χ3v) is 3.45. The molecule has 0 radical (unpaired) electrons. The van der Waals surface area contributed by atoms with Crippen LogP contribution in [0.15, 0.2) is 30.6 Å². The molecule has 0 amide bonds. The Kier molecular flexibility index (Phi) is 3.84. The highest BCUT2D eigenvalue weighted by molar-refractivity contribution is 6.17. The maximum atomic E-state index is 13.3. The van der Waals surface area contributed by atoms with Crippen LogP contribution in [-0.4, -0.2) is 25.4 Å². The van der Waals surface area contributed by atoms with Crippen LogP contribution in [-0.2, 0) is 13.0 Å². The minimum atomic E-state index is -0.292. The van der Waals surface area contributed by atoms with Gasteiger partial charge in [-0.05, 0) is 19.1 Å². The first kappa shape index (κ1) is 13.9. The van der Waals surface area contributed by atoms with Crippen LogP contribution in [0.1, 0.15) is 17.2 Å². The van der Waals surface area contributed by atoms with Crippen molar-refractivity contribution in [1.82, 2.24) is 19.5 Å². The molecule has 2 aromatic heterocycles. The summed E-state index contributed by atoms with van der Waals surface area (Å²) in [5.41, 5.74) is 3.21. The van der Waals surface area contributed by atoms with E-state index < -0.39 is 0 Å². The van der Waals surface area contributed by atoms with Crippen LogP contribution >= 0.6 is 11.6 Å². The van der Waals surface area contributed by atoms with Crippen molar-refractivity contribution < 1.29 is 4.39 Å². The summed E-state index contributed by atoms with van der Waals surface area (Å²) in [6.07, 6.45) is 4.10. The molecule has 0 unspecified atom stereocenters. The van der Waals surface area contributed by atoms with Crippen molar-refractivity contribution in [2.75, 3.05) is 5.88 Å². The van der Waals surface area contributed by atoms with Crippen molar-refractivity contribution in [1.29, 1.82) is 0 Å². The zero-order valence-corrected chi connectivity index (χ0v) is 12.3. The number of fused-ring (bicyclic) bond motifs is 1. The standard InChI is InChI=1S/C15H14ClFN4/c1-10-7-19-12(8-18-10)9-21-14-3-2-11(17)6-13(14)20-15(21)4-5-16/h2-3,6-8H,4-5,9H2,1H3. The van der Waals surface area contributed by atoms with Gasteiger partial charge < -0.3 is 4.57 Å². The summed E-state index contributed by atoms with van der Waals surface area (Å²) in [6, 6.07) is 4.60. The molecule has 0 bridgehead atoms. The molecule has 6 heteroatoms. The Morgan fingerprint density at radius 3 is 2.81 bits per heavy atom. The molecule has 0 aliphatic rings. The van der Waals surface area contributed by atoms with Crippen molar-refractivity contribution in [3.05, 3.63) is 53.6 Å². The summed E-state index contributed by atoms with van der Waals surface area (Å²) < 4.78 is 15.3. The molecule has 0 aliphatic heterocycles. The van der Waals surface area contributed by atoms with Crippen LogP contribution < -0.4 is 0 Å². The molecule has 0 spiro atoms. The van der Waals surface area contributed by atoms with Crippen LogP contribution in [0, 0.1) is 12.7 Å². The van der Waals surface area contributed by atoms with Crippen LogP contribution in [0.2, 0.25) is 0 Å². The Morgan fingerprint density at radius 1 is 1.24 bits per heavy atom. The van der Waals surface area contributed by atoms with Gasteiger partial charge in [0.05, 0.1) is 35.2 Å². The van der Waals surface area contributed by atoms with E-state index in [1.807, 2.05) is 11.5 Å². The number of imidazole rings is 1. The van der Waals surface area contributed by atoms with Crippen molar-refractivity contribution in [3.63, 3.8) is 0 Å². The quantitative estimate of drug-likeness (QED) is 0.696. The van der Waals surface area contributed by atoms with Gasteiger partial charge in [-0.1, -0.05) is 0 Å². The van der Waals surface area contributed by atoms with Gasteiger partial charge in [-0.15, -0.1) is 11.6 Å². The van der Waals surface area contributed by atoms with Gasteiger partial charge in [0.2, 0.25) is 0 Å². The highest BCUT2D eigenvalue weighted by atomic mass is 35.5. The summed E-state index contributed by atoms with van der Waals surface area (Å²) in [5.74, 6) is 0.999. The molecule has 0 atom stereocenters. The second kappa shape index (κ2) is 5.77. The summed E-state index contributed by atoms with van der Waals surface area (Å²) >= 11 is 5.84. The molecule has 0 aliphatic carbocycles. The molecular weight excluding hydrogens is 291 g/mol. The number of aromatic nitrogens is 4. The largest absolute Gasteiger partial charge is 0.322 e. The van der Waals surface area contributed by atoms with Gasteiger partial charge >= 0.3 is 0 Å². The fourth-order valence-corrected chi connectivity index (χ4v) is 2.44. The Morgan fingerprint density at radius 2 is 2.10 bits per heavy atom. The first-order valence-corrected chi connectivity index (χ1v) is 7.19. The van der Waals surface area contributed by atoms with E-state index in [9.17, 15) is 4.39 Å². The second-order valence-electron chi connectivity index (χ2n) is 4.84. The van der Waals surface area contributed by atoms with Crippen LogP contribution in [0.3, 0.4) is 0 Å². The van der Waals surface area contributed by atoms with Gasteiger partial charge in [0, 0.05) is 24.6 Å².